The highest BCUT2D eigenvalue weighted by Crippen LogP contribution is 2.32. The van der Waals surface area contributed by atoms with Crippen LogP contribution < -0.4 is 11.3 Å². The number of nitrogens with two attached hydrogens (primary N) is 1. The largest absolute Gasteiger partial charge is 0.323 e. The third kappa shape index (κ3) is 3.28. The van der Waals surface area contributed by atoms with Gasteiger partial charge in [0.2, 0.25) is 10.0 Å². The topological polar surface area (TPSA) is 119 Å². The average molecular weight is 320 g/mol. The van der Waals surface area contributed by atoms with E-state index in [1.807, 2.05) is 5.43 Å². The standard InChI is InChI=1S/C11H17FN4O4S/c1-4-15(7(2)3)21(19,20)11-9(12)5-8(16(17)18)6-10(11)14-13/h5-7,14H,4,13H2,1-3H3. The van der Waals surface area contributed by atoms with Gasteiger partial charge in [-0.2, -0.15) is 4.31 Å². The van der Waals surface area contributed by atoms with Crippen molar-refractivity contribution >= 4 is 21.4 Å². The van der Waals surface area contributed by atoms with Crippen LogP contribution in [0, 0.1) is 15.9 Å². The van der Waals surface area contributed by atoms with E-state index in [2.05, 4.69) is 0 Å². The Bertz CT molecular complexity index is 648. The van der Waals surface area contributed by atoms with Gasteiger partial charge < -0.3 is 5.43 Å². The molecule has 0 spiro atoms. The van der Waals surface area contributed by atoms with Crippen molar-refractivity contribution in [1.82, 2.24) is 4.31 Å². The Kier molecular flexibility index (Phi) is 5.20. The number of hydrazine groups is 1. The summed E-state index contributed by atoms with van der Waals surface area (Å²) in [6, 6.07) is 1.03. The van der Waals surface area contributed by atoms with E-state index in [0.717, 1.165) is 10.4 Å². The molecule has 0 saturated heterocycles. The van der Waals surface area contributed by atoms with Gasteiger partial charge in [-0.15, -0.1) is 0 Å². The molecule has 0 unspecified atom stereocenters. The number of nitro benzene ring substituents is 1. The van der Waals surface area contributed by atoms with Crippen LogP contribution in [0.15, 0.2) is 17.0 Å². The van der Waals surface area contributed by atoms with Crippen molar-refractivity contribution < 1.29 is 17.7 Å². The smallest absolute Gasteiger partial charge is 0.274 e. The monoisotopic (exact) mass is 320 g/mol. The summed E-state index contributed by atoms with van der Waals surface area (Å²) in [5.41, 5.74) is 1.05. The summed E-state index contributed by atoms with van der Waals surface area (Å²) in [6.45, 7) is 5.01. The van der Waals surface area contributed by atoms with E-state index in [1.165, 1.54) is 0 Å². The van der Waals surface area contributed by atoms with E-state index in [9.17, 15) is 22.9 Å². The summed E-state index contributed by atoms with van der Waals surface area (Å²) in [4.78, 5) is 9.16. The number of nitro groups is 1. The van der Waals surface area contributed by atoms with Crippen molar-refractivity contribution in [1.29, 1.82) is 0 Å². The maximum Gasteiger partial charge on any atom is 0.274 e. The molecule has 0 fully saturated rings. The van der Waals surface area contributed by atoms with Crippen molar-refractivity contribution in [2.75, 3.05) is 12.0 Å². The molecule has 0 amide bonds. The van der Waals surface area contributed by atoms with Gasteiger partial charge in [-0.25, -0.2) is 12.8 Å². The van der Waals surface area contributed by atoms with Gasteiger partial charge in [-0.3, -0.25) is 16.0 Å². The van der Waals surface area contributed by atoms with Crippen LogP contribution in [0.25, 0.3) is 0 Å². The van der Waals surface area contributed by atoms with Gasteiger partial charge >= 0.3 is 0 Å². The summed E-state index contributed by atoms with van der Waals surface area (Å²) in [5.74, 6) is 3.96. The molecule has 10 heteroatoms. The summed E-state index contributed by atoms with van der Waals surface area (Å²) in [7, 11) is -4.17. The highest BCUT2D eigenvalue weighted by Gasteiger charge is 2.32. The number of sulfonamides is 1. The lowest BCUT2D eigenvalue weighted by Gasteiger charge is -2.25. The van der Waals surface area contributed by atoms with E-state index in [-0.39, 0.29) is 12.2 Å². The number of hydrogen-bond donors (Lipinski definition) is 2. The number of benzene rings is 1. The highest BCUT2D eigenvalue weighted by atomic mass is 32.2. The lowest BCUT2D eigenvalue weighted by Crippen LogP contribution is -2.37. The molecule has 8 nitrogen and oxygen atoms in total. The first-order valence-electron chi connectivity index (χ1n) is 6.13. The van der Waals surface area contributed by atoms with Gasteiger partial charge in [0, 0.05) is 18.7 Å². The summed E-state index contributed by atoms with van der Waals surface area (Å²) in [6.07, 6.45) is 0. The molecule has 0 atom stereocenters. The molecule has 0 aliphatic carbocycles. The number of anilines is 1. The van der Waals surface area contributed by atoms with E-state index < -0.39 is 37.4 Å². The Hall–Kier alpha value is -1.78. The molecule has 0 aliphatic rings. The summed E-state index contributed by atoms with van der Waals surface area (Å²) in [5, 5.41) is 10.7. The number of nitrogens with one attached hydrogen (secondary N) is 1. The van der Waals surface area contributed by atoms with E-state index in [4.69, 9.17) is 5.84 Å². The molecule has 0 bridgehead atoms. The zero-order valence-electron chi connectivity index (χ0n) is 11.8. The van der Waals surface area contributed by atoms with E-state index in [0.29, 0.717) is 6.07 Å². The third-order valence-corrected chi connectivity index (χ3v) is 5.08. The maximum atomic E-state index is 14.1. The molecule has 0 aliphatic heterocycles. The van der Waals surface area contributed by atoms with Gasteiger partial charge in [0.05, 0.1) is 16.7 Å². The fraction of sp³-hybridized carbons (Fsp3) is 0.455. The predicted octanol–water partition coefficient (Wildman–Crippen LogP) is 1.44. The first-order valence-corrected chi connectivity index (χ1v) is 7.57. The first kappa shape index (κ1) is 17.3. The van der Waals surface area contributed by atoms with Crippen molar-refractivity contribution in [3.63, 3.8) is 0 Å². The van der Waals surface area contributed by atoms with Crippen LogP contribution in [0.2, 0.25) is 0 Å². The summed E-state index contributed by atoms with van der Waals surface area (Å²) < 4.78 is 40.2. The second-order valence-corrected chi connectivity index (χ2v) is 6.34. The lowest BCUT2D eigenvalue weighted by molar-refractivity contribution is -0.385. The molecule has 21 heavy (non-hydrogen) atoms. The quantitative estimate of drug-likeness (QED) is 0.465. The van der Waals surface area contributed by atoms with Crippen molar-refractivity contribution in [2.45, 2.75) is 31.7 Å². The SMILES string of the molecule is CCN(C(C)C)S(=O)(=O)c1c(F)cc([N+](=O)[O-])cc1NN. The van der Waals surface area contributed by atoms with Crippen molar-refractivity contribution in [3.8, 4) is 0 Å². The Morgan fingerprint density at radius 2 is 2.05 bits per heavy atom. The van der Waals surface area contributed by atoms with Gasteiger partial charge in [-0.1, -0.05) is 6.92 Å². The number of halogens is 1. The lowest BCUT2D eigenvalue weighted by atomic mass is 10.3. The fourth-order valence-electron chi connectivity index (χ4n) is 1.98. The Morgan fingerprint density at radius 1 is 1.48 bits per heavy atom. The zero-order valence-corrected chi connectivity index (χ0v) is 12.6. The first-order chi connectivity index (χ1) is 9.66. The van der Waals surface area contributed by atoms with Crippen LogP contribution in [-0.4, -0.2) is 30.2 Å². The Labute approximate surface area is 121 Å². The Balaban J connectivity index is 3.59. The van der Waals surface area contributed by atoms with Crippen LogP contribution in [0.1, 0.15) is 20.8 Å². The second kappa shape index (κ2) is 6.33. The number of rotatable bonds is 6. The second-order valence-electron chi connectivity index (χ2n) is 4.51. The van der Waals surface area contributed by atoms with Crippen molar-refractivity contribution in [2.24, 2.45) is 5.84 Å². The fourth-order valence-corrected chi connectivity index (χ4v) is 3.81. The Morgan fingerprint density at radius 3 is 2.43 bits per heavy atom. The molecular weight excluding hydrogens is 303 g/mol. The minimum absolute atomic E-state index is 0.125. The molecule has 118 valence electrons. The van der Waals surface area contributed by atoms with Crippen LogP contribution in [0.5, 0.6) is 0 Å². The van der Waals surface area contributed by atoms with Crippen LogP contribution >= 0.6 is 0 Å². The average Bonchev–Trinajstić information content (AvgIpc) is 2.36. The van der Waals surface area contributed by atoms with Gasteiger partial charge in [-0.05, 0) is 13.8 Å². The predicted molar refractivity (Wildman–Crippen MR) is 75.6 cm³/mol. The molecule has 1 aromatic carbocycles. The third-order valence-electron chi connectivity index (χ3n) is 2.85. The van der Waals surface area contributed by atoms with Crippen molar-refractivity contribution in [3.05, 3.63) is 28.1 Å². The molecule has 1 aromatic rings. The van der Waals surface area contributed by atoms with Gasteiger partial charge in [0.15, 0.2) is 5.82 Å². The zero-order chi connectivity index (χ0) is 16.4. The van der Waals surface area contributed by atoms with Crippen LogP contribution in [-0.2, 0) is 10.0 Å². The molecule has 0 heterocycles. The van der Waals surface area contributed by atoms with E-state index >= 15 is 0 Å². The highest BCUT2D eigenvalue weighted by molar-refractivity contribution is 7.89. The molecule has 3 N–H and O–H groups in total. The van der Waals surface area contributed by atoms with Crippen LogP contribution in [0.3, 0.4) is 0 Å². The number of nitrogens with zero attached hydrogens (tertiary/aromatic N) is 2. The molecular formula is C11H17FN4O4S. The molecule has 0 radical (unpaired) electrons. The van der Waals surface area contributed by atoms with Crippen LogP contribution in [0.4, 0.5) is 15.8 Å². The summed E-state index contributed by atoms with van der Waals surface area (Å²) >= 11 is 0. The molecule has 0 aromatic heterocycles. The van der Waals surface area contributed by atoms with Gasteiger partial charge in [0.25, 0.3) is 5.69 Å². The number of nitrogen functional groups attached to an aromatic ring is 1. The number of non-ortho nitro benzene ring substituents is 1. The molecule has 1 rings (SSSR count). The maximum absolute atomic E-state index is 14.1. The minimum Gasteiger partial charge on any atom is -0.323 e. The molecule has 0 saturated carbocycles. The normalized spacial score (nSPS) is 12.0. The number of hydrogen-bond acceptors (Lipinski definition) is 6. The minimum atomic E-state index is -4.17. The van der Waals surface area contributed by atoms with E-state index in [1.54, 1.807) is 20.8 Å². The van der Waals surface area contributed by atoms with Gasteiger partial charge in [0.1, 0.15) is 4.90 Å².